The number of Topliss-reactive ketones (excluding diaryl/α,β-unsaturated/α-hetero) is 1. The molecule has 0 heterocycles. The van der Waals surface area contributed by atoms with Crippen molar-refractivity contribution in [2.45, 2.75) is 91.1 Å². The van der Waals surface area contributed by atoms with Gasteiger partial charge in [0.25, 0.3) is 0 Å². The molecule has 0 spiro atoms. The zero-order valence-electron chi connectivity index (χ0n) is 14.8. The second kappa shape index (κ2) is 15.0. The molecular formula is C18H35NO3. The van der Waals surface area contributed by atoms with Crippen molar-refractivity contribution >= 4 is 11.7 Å². The van der Waals surface area contributed by atoms with Gasteiger partial charge < -0.3 is 10.1 Å². The Bertz CT molecular complexity index is 290. The van der Waals surface area contributed by atoms with Crippen LogP contribution in [0, 0.1) is 0 Å². The zero-order valence-corrected chi connectivity index (χ0v) is 14.8. The van der Waals surface area contributed by atoms with Gasteiger partial charge in [-0.2, -0.15) is 0 Å². The van der Waals surface area contributed by atoms with Crippen molar-refractivity contribution in [3.8, 4) is 0 Å². The quantitative estimate of drug-likeness (QED) is 0.465. The van der Waals surface area contributed by atoms with E-state index >= 15 is 0 Å². The summed E-state index contributed by atoms with van der Waals surface area (Å²) < 4.78 is 5.51. The topological polar surface area (TPSA) is 55.4 Å². The highest BCUT2D eigenvalue weighted by molar-refractivity contribution is 5.85. The Kier molecular flexibility index (Phi) is 14.4. The number of amides is 1. The van der Waals surface area contributed by atoms with Crippen LogP contribution in [0.15, 0.2) is 0 Å². The van der Waals surface area contributed by atoms with Crippen molar-refractivity contribution in [2.24, 2.45) is 0 Å². The number of hydrogen-bond donors (Lipinski definition) is 1. The molecule has 4 nitrogen and oxygen atoms in total. The molecule has 0 aliphatic heterocycles. The number of nitrogens with one attached hydrogen (secondary N) is 1. The van der Waals surface area contributed by atoms with E-state index in [1.165, 1.54) is 32.1 Å². The first-order chi connectivity index (χ1) is 10.6. The van der Waals surface area contributed by atoms with Crippen molar-refractivity contribution < 1.29 is 14.3 Å². The van der Waals surface area contributed by atoms with Crippen molar-refractivity contribution in [2.75, 3.05) is 13.2 Å². The van der Waals surface area contributed by atoms with Crippen molar-refractivity contribution in [3.63, 3.8) is 0 Å². The molecule has 0 atom stereocenters. The Morgan fingerprint density at radius 2 is 1.45 bits per heavy atom. The van der Waals surface area contributed by atoms with Crippen molar-refractivity contribution in [1.82, 2.24) is 5.32 Å². The summed E-state index contributed by atoms with van der Waals surface area (Å²) in [5.41, 5.74) is 0. The van der Waals surface area contributed by atoms with Gasteiger partial charge in [0.1, 0.15) is 0 Å². The summed E-state index contributed by atoms with van der Waals surface area (Å²) in [4.78, 5) is 22.5. The predicted molar refractivity (Wildman–Crippen MR) is 90.9 cm³/mol. The lowest BCUT2D eigenvalue weighted by Gasteiger charge is -2.07. The third-order valence-corrected chi connectivity index (χ3v) is 3.63. The lowest BCUT2D eigenvalue weighted by molar-refractivity contribution is -0.125. The summed E-state index contributed by atoms with van der Waals surface area (Å²) in [6.45, 7) is 7.03. The van der Waals surface area contributed by atoms with E-state index in [1.54, 1.807) is 0 Å². The average molecular weight is 313 g/mol. The molecule has 1 N–H and O–H groups in total. The molecule has 0 aliphatic carbocycles. The largest absolute Gasteiger partial charge is 0.379 e. The lowest BCUT2D eigenvalue weighted by atomic mass is 10.1. The van der Waals surface area contributed by atoms with Crippen LogP contribution in [-0.4, -0.2) is 30.9 Å². The van der Waals surface area contributed by atoms with Crippen LogP contribution in [0.3, 0.4) is 0 Å². The minimum absolute atomic E-state index is 0.00644. The molecule has 0 aromatic carbocycles. The van der Waals surface area contributed by atoms with E-state index in [1.807, 2.05) is 6.92 Å². The van der Waals surface area contributed by atoms with Crippen molar-refractivity contribution in [3.05, 3.63) is 0 Å². The van der Waals surface area contributed by atoms with E-state index in [0.29, 0.717) is 18.9 Å². The monoisotopic (exact) mass is 313 g/mol. The van der Waals surface area contributed by atoms with Gasteiger partial charge in [-0.1, -0.05) is 45.4 Å². The number of rotatable bonds is 15. The highest BCUT2D eigenvalue weighted by Crippen LogP contribution is 2.10. The van der Waals surface area contributed by atoms with E-state index in [4.69, 9.17) is 4.74 Å². The van der Waals surface area contributed by atoms with Crippen LogP contribution in [-0.2, 0) is 14.3 Å². The Balaban J connectivity index is 3.20. The smallest absolute Gasteiger partial charge is 0.220 e. The standard InChI is InChI=1S/C18H35NO3/c1-4-17(20)15-19-18(21)13-11-9-7-5-6-8-10-12-14-22-16(2)3/h16H,4-15H2,1-3H3,(H,19,21). The molecule has 4 heteroatoms. The fraction of sp³-hybridized carbons (Fsp3) is 0.889. The SMILES string of the molecule is CCC(=O)CNC(=O)CCCCCCCCCCOC(C)C. The van der Waals surface area contributed by atoms with E-state index in [2.05, 4.69) is 19.2 Å². The van der Waals surface area contributed by atoms with Crippen LogP contribution >= 0.6 is 0 Å². The van der Waals surface area contributed by atoms with E-state index in [-0.39, 0.29) is 18.2 Å². The normalized spacial score (nSPS) is 10.9. The third-order valence-electron chi connectivity index (χ3n) is 3.63. The highest BCUT2D eigenvalue weighted by atomic mass is 16.5. The Morgan fingerprint density at radius 3 is 2.00 bits per heavy atom. The van der Waals surface area contributed by atoms with Gasteiger partial charge in [0, 0.05) is 19.4 Å². The molecule has 0 aliphatic rings. The molecular weight excluding hydrogens is 278 g/mol. The molecule has 0 saturated heterocycles. The minimum atomic E-state index is 0.00644. The van der Waals surface area contributed by atoms with E-state index in [0.717, 1.165) is 25.9 Å². The maximum absolute atomic E-state index is 11.5. The first-order valence-electron chi connectivity index (χ1n) is 8.96. The number of hydrogen-bond acceptors (Lipinski definition) is 3. The molecule has 0 unspecified atom stereocenters. The second-order valence-electron chi connectivity index (χ2n) is 6.17. The molecule has 0 fully saturated rings. The fourth-order valence-electron chi connectivity index (χ4n) is 2.18. The molecule has 22 heavy (non-hydrogen) atoms. The van der Waals surface area contributed by atoms with Crippen LogP contribution in [0.1, 0.15) is 85.0 Å². The first-order valence-corrected chi connectivity index (χ1v) is 8.96. The predicted octanol–water partition coefficient (Wildman–Crippen LogP) is 4.02. The molecule has 1 amide bonds. The van der Waals surface area contributed by atoms with Gasteiger partial charge in [0.05, 0.1) is 12.6 Å². The third kappa shape index (κ3) is 15.5. The average Bonchev–Trinajstić information content (AvgIpc) is 2.49. The van der Waals surface area contributed by atoms with Crippen molar-refractivity contribution in [1.29, 1.82) is 0 Å². The lowest BCUT2D eigenvalue weighted by Crippen LogP contribution is -2.28. The number of carbonyl (C=O) groups excluding carboxylic acids is 2. The number of ether oxygens (including phenoxy) is 1. The van der Waals surface area contributed by atoms with Gasteiger partial charge >= 0.3 is 0 Å². The fourth-order valence-corrected chi connectivity index (χ4v) is 2.18. The zero-order chi connectivity index (χ0) is 16.6. The van der Waals surface area contributed by atoms with Crippen LogP contribution in [0.5, 0.6) is 0 Å². The molecule has 130 valence electrons. The van der Waals surface area contributed by atoms with Gasteiger partial charge in [-0.05, 0) is 26.7 Å². The molecule has 0 saturated carbocycles. The molecule has 0 bridgehead atoms. The van der Waals surface area contributed by atoms with Crippen LogP contribution < -0.4 is 5.32 Å². The second-order valence-corrected chi connectivity index (χ2v) is 6.17. The summed E-state index contributed by atoms with van der Waals surface area (Å²) in [6.07, 6.45) is 10.8. The van der Waals surface area contributed by atoms with Crippen LogP contribution in [0.25, 0.3) is 0 Å². The number of carbonyl (C=O) groups is 2. The maximum atomic E-state index is 11.5. The van der Waals surface area contributed by atoms with Crippen LogP contribution in [0.2, 0.25) is 0 Å². The number of ketones is 1. The summed E-state index contributed by atoms with van der Waals surface area (Å²) in [5.74, 6) is 0.0964. The van der Waals surface area contributed by atoms with Gasteiger partial charge in [-0.3, -0.25) is 9.59 Å². The van der Waals surface area contributed by atoms with Gasteiger partial charge in [0.15, 0.2) is 5.78 Å². The number of unbranched alkanes of at least 4 members (excludes halogenated alkanes) is 7. The van der Waals surface area contributed by atoms with E-state index in [9.17, 15) is 9.59 Å². The van der Waals surface area contributed by atoms with Crippen LogP contribution in [0.4, 0.5) is 0 Å². The molecule has 0 aromatic rings. The van der Waals surface area contributed by atoms with E-state index < -0.39 is 0 Å². The Hall–Kier alpha value is -0.900. The first kappa shape index (κ1) is 21.1. The molecule has 0 rings (SSSR count). The summed E-state index contributed by atoms with van der Waals surface area (Å²) in [7, 11) is 0. The van der Waals surface area contributed by atoms with Gasteiger partial charge in [-0.15, -0.1) is 0 Å². The Labute approximate surface area is 136 Å². The summed E-state index contributed by atoms with van der Waals surface area (Å²) >= 11 is 0. The summed E-state index contributed by atoms with van der Waals surface area (Å²) in [5, 5.41) is 2.67. The molecule has 0 aromatic heterocycles. The highest BCUT2D eigenvalue weighted by Gasteiger charge is 2.03. The van der Waals surface area contributed by atoms with Gasteiger partial charge in [0.2, 0.25) is 5.91 Å². The molecule has 0 radical (unpaired) electrons. The van der Waals surface area contributed by atoms with Gasteiger partial charge in [-0.25, -0.2) is 0 Å². The maximum Gasteiger partial charge on any atom is 0.220 e. The summed E-state index contributed by atoms with van der Waals surface area (Å²) in [6, 6.07) is 0. The Morgan fingerprint density at radius 1 is 0.909 bits per heavy atom. The minimum Gasteiger partial charge on any atom is -0.379 e.